The van der Waals surface area contributed by atoms with Crippen LogP contribution in [-0.2, 0) is 11.3 Å². The fraction of sp³-hybridized carbons (Fsp3) is 0.737. The van der Waals surface area contributed by atoms with Crippen molar-refractivity contribution in [2.24, 2.45) is 11.8 Å². The molecule has 1 saturated heterocycles. The number of hydrogen-bond donors (Lipinski definition) is 0. The highest BCUT2D eigenvalue weighted by atomic mass is 16.5. The van der Waals surface area contributed by atoms with Crippen LogP contribution in [0.1, 0.15) is 49.4 Å². The average Bonchev–Trinajstić information content (AvgIpc) is 3.29. The molecular weight excluding hydrogens is 304 g/mol. The molecule has 1 aliphatic heterocycles. The van der Waals surface area contributed by atoms with E-state index in [9.17, 15) is 4.79 Å². The lowest BCUT2D eigenvalue weighted by molar-refractivity contribution is 0.0666. The van der Waals surface area contributed by atoms with Crippen LogP contribution in [0.2, 0.25) is 0 Å². The van der Waals surface area contributed by atoms with Gasteiger partial charge in [-0.2, -0.15) is 0 Å². The third-order valence-electron chi connectivity index (χ3n) is 5.16. The summed E-state index contributed by atoms with van der Waals surface area (Å²) in [5.74, 6) is 2.57. The first-order valence-electron chi connectivity index (χ1n) is 9.19. The predicted molar refractivity (Wildman–Crippen MR) is 92.9 cm³/mol. The van der Waals surface area contributed by atoms with E-state index in [2.05, 4.69) is 18.7 Å². The van der Waals surface area contributed by atoms with E-state index in [1.54, 1.807) is 13.2 Å². The molecule has 0 spiro atoms. The summed E-state index contributed by atoms with van der Waals surface area (Å²) >= 11 is 0. The van der Waals surface area contributed by atoms with Gasteiger partial charge in [-0.3, -0.25) is 9.69 Å². The molecule has 1 aliphatic carbocycles. The second-order valence-electron chi connectivity index (χ2n) is 7.55. The Morgan fingerprint density at radius 1 is 1.33 bits per heavy atom. The van der Waals surface area contributed by atoms with Crippen molar-refractivity contribution in [3.8, 4) is 0 Å². The zero-order valence-corrected chi connectivity index (χ0v) is 15.2. The molecule has 2 heterocycles. The molecule has 0 bridgehead atoms. The quantitative estimate of drug-likeness (QED) is 0.802. The Hall–Kier alpha value is -1.33. The molecule has 1 atom stereocenters. The van der Waals surface area contributed by atoms with Crippen molar-refractivity contribution >= 4 is 5.91 Å². The maximum atomic E-state index is 12.9. The first kappa shape index (κ1) is 17.5. The van der Waals surface area contributed by atoms with Crippen LogP contribution >= 0.6 is 0 Å². The smallest absolute Gasteiger partial charge is 0.289 e. The number of nitrogens with zero attached hydrogens (tertiary/aromatic N) is 2. The molecule has 1 aromatic heterocycles. The molecule has 0 aromatic carbocycles. The van der Waals surface area contributed by atoms with Crippen LogP contribution in [-0.4, -0.2) is 55.0 Å². The first-order valence-corrected chi connectivity index (χ1v) is 9.19. The second kappa shape index (κ2) is 7.70. The Morgan fingerprint density at radius 2 is 2.12 bits per heavy atom. The van der Waals surface area contributed by atoms with Crippen molar-refractivity contribution in [3.05, 3.63) is 23.7 Å². The standard InChI is InChI=1S/C19H30N2O3/c1-14(2)17-12-21(10-4-9-20(17)11-15-5-6-15)19(22)18-8-7-16(24-18)13-23-3/h7-8,14-15,17H,4-6,9-13H2,1-3H3/t17-/m1/s1. The van der Waals surface area contributed by atoms with Gasteiger partial charge in [0, 0.05) is 39.3 Å². The van der Waals surface area contributed by atoms with E-state index in [1.807, 2.05) is 11.0 Å². The fourth-order valence-corrected chi connectivity index (χ4v) is 3.61. The van der Waals surface area contributed by atoms with Gasteiger partial charge in [-0.1, -0.05) is 13.8 Å². The van der Waals surface area contributed by atoms with Gasteiger partial charge in [0.25, 0.3) is 5.91 Å². The number of carbonyl (C=O) groups excluding carboxylic acids is 1. The van der Waals surface area contributed by atoms with Crippen LogP contribution in [0, 0.1) is 11.8 Å². The second-order valence-corrected chi connectivity index (χ2v) is 7.55. The van der Waals surface area contributed by atoms with E-state index in [-0.39, 0.29) is 5.91 Å². The lowest BCUT2D eigenvalue weighted by Crippen LogP contribution is -2.46. The maximum Gasteiger partial charge on any atom is 0.289 e. The Bertz CT molecular complexity index is 551. The summed E-state index contributed by atoms with van der Waals surface area (Å²) in [5, 5.41) is 0. The van der Waals surface area contributed by atoms with Crippen molar-refractivity contribution in [1.82, 2.24) is 9.80 Å². The number of hydrogen-bond acceptors (Lipinski definition) is 4. The molecule has 24 heavy (non-hydrogen) atoms. The maximum absolute atomic E-state index is 12.9. The van der Waals surface area contributed by atoms with E-state index in [0.29, 0.717) is 30.1 Å². The summed E-state index contributed by atoms with van der Waals surface area (Å²) in [4.78, 5) is 17.5. The van der Waals surface area contributed by atoms with Gasteiger partial charge in [-0.15, -0.1) is 0 Å². The predicted octanol–water partition coefficient (Wildman–Crippen LogP) is 3.01. The van der Waals surface area contributed by atoms with Crippen molar-refractivity contribution < 1.29 is 13.9 Å². The summed E-state index contributed by atoms with van der Waals surface area (Å²) in [6, 6.07) is 4.03. The summed E-state index contributed by atoms with van der Waals surface area (Å²) in [6.45, 7) is 8.83. The van der Waals surface area contributed by atoms with Crippen LogP contribution in [0.25, 0.3) is 0 Å². The molecule has 2 fully saturated rings. The van der Waals surface area contributed by atoms with Gasteiger partial charge in [0.05, 0.1) is 0 Å². The van der Waals surface area contributed by atoms with E-state index in [4.69, 9.17) is 9.15 Å². The molecule has 1 amide bonds. The molecule has 134 valence electrons. The van der Waals surface area contributed by atoms with Crippen LogP contribution in [0.3, 0.4) is 0 Å². The van der Waals surface area contributed by atoms with Gasteiger partial charge in [-0.25, -0.2) is 0 Å². The summed E-state index contributed by atoms with van der Waals surface area (Å²) in [7, 11) is 1.63. The van der Waals surface area contributed by atoms with E-state index in [0.717, 1.165) is 32.0 Å². The van der Waals surface area contributed by atoms with Gasteiger partial charge in [0.1, 0.15) is 12.4 Å². The number of amides is 1. The van der Waals surface area contributed by atoms with Gasteiger partial charge in [0.15, 0.2) is 5.76 Å². The van der Waals surface area contributed by atoms with Crippen LogP contribution in [0.5, 0.6) is 0 Å². The monoisotopic (exact) mass is 334 g/mol. The van der Waals surface area contributed by atoms with E-state index in [1.165, 1.54) is 19.4 Å². The van der Waals surface area contributed by atoms with Gasteiger partial charge >= 0.3 is 0 Å². The minimum absolute atomic E-state index is 0.0104. The molecule has 5 heteroatoms. The van der Waals surface area contributed by atoms with Crippen molar-refractivity contribution in [3.63, 3.8) is 0 Å². The van der Waals surface area contributed by atoms with Crippen molar-refractivity contribution in [1.29, 1.82) is 0 Å². The molecular formula is C19H30N2O3. The zero-order valence-electron chi connectivity index (χ0n) is 15.2. The van der Waals surface area contributed by atoms with E-state index < -0.39 is 0 Å². The lowest BCUT2D eigenvalue weighted by Gasteiger charge is -2.34. The number of furan rings is 1. The highest BCUT2D eigenvalue weighted by Gasteiger charge is 2.34. The molecule has 1 saturated carbocycles. The molecule has 0 radical (unpaired) electrons. The van der Waals surface area contributed by atoms with Gasteiger partial charge in [-0.05, 0) is 43.2 Å². The Labute approximate surface area is 144 Å². The van der Waals surface area contributed by atoms with Gasteiger partial charge in [0.2, 0.25) is 0 Å². The number of ether oxygens (including phenoxy) is 1. The first-order chi connectivity index (χ1) is 11.6. The average molecular weight is 334 g/mol. The number of methoxy groups -OCH3 is 1. The van der Waals surface area contributed by atoms with Crippen LogP contribution < -0.4 is 0 Å². The largest absolute Gasteiger partial charge is 0.453 e. The molecule has 2 aliphatic rings. The summed E-state index contributed by atoms with van der Waals surface area (Å²) in [6.07, 6.45) is 3.78. The van der Waals surface area contributed by atoms with E-state index >= 15 is 0 Å². The van der Waals surface area contributed by atoms with Crippen molar-refractivity contribution in [2.75, 3.05) is 33.3 Å². The minimum atomic E-state index is 0.0104. The minimum Gasteiger partial charge on any atom is -0.453 e. The van der Waals surface area contributed by atoms with Crippen LogP contribution in [0.4, 0.5) is 0 Å². The highest BCUT2D eigenvalue weighted by Crippen LogP contribution is 2.32. The van der Waals surface area contributed by atoms with Crippen molar-refractivity contribution in [2.45, 2.75) is 45.8 Å². The molecule has 3 rings (SSSR count). The Morgan fingerprint density at radius 3 is 2.79 bits per heavy atom. The van der Waals surface area contributed by atoms with Crippen LogP contribution in [0.15, 0.2) is 16.5 Å². The molecule has 0 N–H and O–H groups in total. The topological polar surface area (TPSA) is 45.9 Å². The zero-order chi connectivity index (χ0) is 17.1. The molecule has 0 unspecified atom stereocenters. The number of carbonyl (C=O) groups is 1. The molecule has 5 nitrogen and oxygen atoms in total. The molecule has 1 aromatic rings. The van der Waals surface area contributed by atoms with Gasteiger partial charge < -0.3 is 14.1 Å². The Kier molecular flexibility index (Phi) is 5.61. The third-order valence-corrected chi connectivity index (χ3v) is 5.16. The number of rotatable bonds is 6. The Balaban J connectivity index is 1.68. The summed E-state index contributed by atoms with van der Waals surface area (Å²) in [5.41, 5.74) is 0. The SMILES string of the molecule is COCc1ccc(C(=O)N2CCCN(CC3CC3)[C@@H](C(C)C)C2)o1. The highest BCUT2D eigenvalue weighted by molar-refractivity contribution is 5.91. The third kappa shape index (κ3) is 4.19. The fourth-order valence-electron chi connectivity index (χ4n) is 3.61. The lowest BCUT2D eigenvalue weighted by atomic mass is 10.0. The normalized spacial score (nSPS) is 22.8. The summed E-state index contributed by atoms with van der Waals surface area (Å²) < 4.78 is 10.7.